The van der Waals surface area contributed by atoms with Crippen LogP contribution in [-0.4, -0.2) is 21.1 Å². The van der Waals surface area contributed by atoms with Gasteiger partial charge in [0.15, 0.2) is 7.14 Å². The van der Waals surface area contributed by atoms with E-state index in [0.29, 0.717) is 45.1 Å². The summed E-state index contributed by atoms with van der Waals surface area (Å²) in [5, 5.41) is 1.60. The number of allylic oxidation sites excluding steroid dienone is 4. The zero-order chi connectivity index (χ0) is 43.0. The lowest BCUT2D eigenvalue weighted by atomic mass is 10.2. The van der Waals surface area contributed by atoms with Gasteiger partial charge in [0, 0.05) is 42.7 Å². The maximum Gasteiger partial charge on any atom is 0.463 e. The van der Waals surface area contributed by atoms with Gasteiger partial charge in [-0.25, -0.2) is 0 Å². The van der Waals surface area contributed by atoms with E-state index in [4.69, 9.17) is 22.6 Å². The zero-order valence-electron chi connectivity index (χ0n) is 35.0. The number of nitrogens with zero attached hydrogens (tertiary/aromatic N) is 3. The fourth-order valence-electron chi connectivity index (χ4n) is 5.56. The molecule has 12 heteroatoms. The van der Waals surface area contributed by atoms with E-state index in [-0.39, 0.29) is 6.61 Å². The minimum Gasteiger partial charge on any atom is -0.438 e. The summed E-state index contributed by atoms with van der Waals surface area (Å²) >= 11 is 0. The van der Waals surface area contributed by atoms with Gasteiger partial charge in [-0.3, -0.25) is 19.5 Å². The summed E-state index contributed by atoms with van der Waals surface area (Å²) in [5.41, 5.74) is 2.03. The van der Waals surface area contributed by atoms with Crippen LogP contribution >= 0.6 is 24.1 Å². The summed E-state index contributed by atoms with van der Waals surface area (Å²) in [4.78, 5) is 12.5. The number of hydrogen-bond acceptors (Lipinski definition) is 9. The van der Waals surface area contributed by atoms with E-state index in [1.165, 1.54) is 5.57 Å². The molecule has 9 nitrogen and oxygen atoms in total. The lowest BCUT2D eigenvalue weighted by Crippen LogP contribution is -2.27. The van der Waals surface area contributed by atoms with Crippen LogP contribution in [0.1, 0.15) is 58.9 Å². The predicted octanol–water partition coefficient (Wildman–Crippen LogP) is 12.3. The molecular weight excluding hydrogens is 819 g/mol. The lowest BCUT2D eigenvalue weighted by Gasteiger charge is -2.26. The second-order valence-corrected chi connectivity index (χ2v) is 18.5. The van der Waals surface area contributed by atoms with Crippen LogP contribution in [0.3, 0.4) is 0 Å². The molecule has 3 aromatic heterocycles. The van der Waals surface area contributed by atoms with Gasteiger partial charge >= 0.3 is 8.60 Å². The Kier molecular flexibility index (Phi) is 19.7. The molecule has 314 valence electrons. The maximum absolute atomic E-state index is 16.0. The third kappa shape index (κ3) is 14.8. The van der Waals surface area contributed by atoms with Gasteiger partial charge in [0.05, 0.1) is 29.6 Å². The maximum atomic E-state index is 16.0. The topological polar surface area (TPSA) is 102 Å². The molecule has 0 fully saturated rings. The molecule has 0 saturated heterocycles. The molecule has 0 spiro atoms. The highest BCUT2D eigenvalue weighted by Gasteiger charge is 2.37. The van der Waals surface area contributed by atoms with Crippen LogP contribution < -0.4 is 34.0 Å². The molecular formula is C49H52N3O6P3. The van der Waals surface area contributed by atoms with Crippen LogP contribution in [0.2, 0.25) is 0 Å². The number of pyridine rings is 3. The minimum atomic E-state index is -3.66. The zero-order valence-corrected chi connectivity index (χ0v) is 37.7. The molecule has 0 aliphatic heterocycles. The van der Waals surface area contributed by atoms with Crippen molar-refractivity contribution in [3.8, 4) is 34.8 Å². The average Bonchev–Trinajstić information content (AvgIpc) is 3.30. The quantitative estimate of drug-likeness (QED) is 0.0447. The van der Waals surface area contributed by atoms with Crippen molar-refractivity contribution in [3.05, 3.63) is 182 Å². The van der Waals surface area contributed by atoms with Crippen molar-refractivity contribution in [2.45, 2.75) is 60.0 Å². The highest BCUT2D eigenvalue weighted by atomic mass is 31.2. The standard InChI is InChI=1S/C37H34N3O6P3.C12H18/c1-2-25-47(43-31-14-11-23-39-27-31)45-34-18-6-8-20-36(34)49(41,33-16-4-3-5-17-33)37-21-9-7-19-35(37)46-48(44-32-15-12-24-40-28-32)42-29-30-13-10-22-38-26-30;1-4-6-8-10-12(3)11-9-7-5-2/h3-24,26-28H,2,25,29H2,1H3;4,6,10H,5,7-8H2,1-3H3/b;6-4?,12-10-. The largest absolute Gasteiger partial charge is 0.463 e. The van der Waals surface area contributed by atoms with Crippen LogP contribution in [-0.2, 0) is 15.7 Å². The van der Waals surface area contributed by atoms with Crippen molar-refractivity contribution < 1.29 is 27.2 Å². The van der Waals surface area contributed by atoms with Crippen molar-refractivity contribution in [2.75, 3.05) is 6.16 Å². The molecule has 3 aromatic carbocycles. The van der Waals surface area contributed by atoms with E-state index in [1.54, 1.807) is 55.4 Å². The van der Waals surface area contributed by atoms with Crippen molar-refractivity contribution in [1.82, 2.24) is 15.0 Å². The summed E-state index contributed by atoms with van der Waals surface area (Å²) in [7, 11) is -7.12. The van der Waals surface area contributed by atoms with Crippen molar-refractivity contribution in [1.29, 1.82) is 0 Å². The van der Waals surface area contributed by atoms with Crippen molar-refractivity contribution in [3.63, 3.8) is 0 Å². The summed E-state index contributed by atoms with van der Waals surface area (Å²) in [6, 6.07) is 35.0. The fraction of sp³-hybridized carbons (Fsp3) is 0.204. The molecule has 0 amide bonds. The molecule has 3 unspecified atom stereocenters. The first kappa shape index (κ1) is 46.5. The van der Waals surface area contributed by atoms with E-state index >= 15 is 4.57 Å². The van der Waals surface area contributed by atoms with Gasteiger partial charge < -0.3 is 22.7 Å². The Morgan fingerprint density at radius 2 is 1.30 bits per heavy atom. The first-order chi connectivity index (χ1) is 29.9. The Bertz CT molecular complexity index is 2360. The van der Waals surface area contributed by atoms with Gasteiger partial charge in [-0.1, -0.05) is 105 Å². The van der Waals surface area contributed by atoms with E-state index in [9.17, 15) is 0 Å². The SMILES string of the molecule is CC=CC/C=C(/C)C#CCCC.CCCP(Oc1cccnc1)Oc1ccccc1P(=O)(c1ccccc1)c1ccccc1OP(OCc1cccnc1)Oc1cccnc1. The molecule has 0 aliphatic rings. The third-order valence-electron chi connectivity index (χ3n) is 8.48. The normalized spacial score (nSPS) is 13.0. The van der Waals surface area contributed by atoms with Gasteiger partial charge in [0.1, 0.15) is 23.0 Å². The number of aromatic nitrogens is 3. The van der Waals surface area contributed by atoms with E-state index < -0.39 is 24.1 Å². The Hall–Kier alpha value is -5.60. The van der Waals surface area contributed by atoms with E-state index in [1.807, 2.05) is 104 Å². The Balaban J connectivity index is 0.000000512. The number of rotatable bonds is 19. The minimum absolute atomic E-state index is 0.187. The number of para-hydroxylation sites is 2. The summed E-state index contributed by atoms with van der Waals surface area (Å²) in [6.07, 6.45) is 21.0. The lowest BCUT2D eigenvalue weighted by molar-refractivity contribution is 0.256. The molecule has 6 rings (SSSR count). The number of hydrogen-bond donors (Lipinski definition) is 0. The highest BCUT2D eigenvalue weighted by Crippen LogP contribution is 2.52. The number of benzene rings is 3. The molecule has 6 aromatic rings. The van der Waals surface area contributed by atoms with Crippen molar-refractivity contribution in [2.24, 2.45) is 0 Å². The summed E-state index contributed by atoms with van der Waals surface area (Å²) in [5.74, 6) is 8.14. The van der Waals surface area contributed by atoms with Gasteiger partial charge in [-0.2, -0.15) is 0 Å². The molecule has 0 aliphatic carbocycles. The van der Waals surface area contributed by atoms with Crippen molar-refractivity contribution >= 4 is 40.0 Å². The van der Waals surface area contributed by atoms with Gasteiger partial charge in [0.25, 0.3) is 8.38 Å². The average molecular weight is 872 g/mol. The second kappa shape index (κ2) is 25.9. The molecule has 0 bridgehead atoms. The van der Waals surface area contributed by atoms with Gasteiger partial charge in [-0.15, -0.1) is 0 Å². The fourth-order valence-corrected chi connectivity index (χ4v) is 10.9. The van der Waals surface area contributed by atoms with Crippen LogP contribution in [0.25, 0.3) is 0 Å². The van der Waals surface area contributed by atoms with E-state index in [2.05, 4.69) is 65.8 Å². The molecule has 0 N–H and O–H groups in total. The predicted molar refractivity (Wildman–Crippen MR) is 251 cm³/mol. The third-order valence-corrected chi connectivity index (χ3v) is 14.3. The molecule has 3 atom stereocenters. The van der Waals surface area contributed by atoms with Crippen LogP contribution in [0.15, 0.2) is 176 Å². The number of unbranched alkanes of at least 4 members (excludes halogenated alkanes) is 1. The monoisotopic (exact) mass is 871 g/mol. The smallest absolute Gasteiger partial charge is 0.438 e. The Morgan fingerprint density at radius 3 is 1.89 bits per heavy atom. The van der Waals surface area contributed by atoms with Gasteiger partial charge in [-0.05, 0) is 98.8 Å². The summed E-state index contributed by atoms with van der Waals surface area (Å²) in [6.45, 7) is 8.50. The van der Waals surface area contributed by atoms with Crippen LogP contribution in [0.5, 0.6) is 23.0 Å². The molecule has 0 radical (unpaired) electrons. The Labute approximate surface area is 363 Å². The van der Waals surface area contributed by atoms with E-state index in [0.717, 1.165) is 31.2 Å². The molecule has 61 heavy (non-hydrogen) atoms. The molecule has 3 heterocycles. The first-order valence-corrected chi connectivity index (χ1v) is 24.3. The highest BCUT2D eigenvalue weighted by molar-refractivity contribution is 7.85. The molecule has 0 saturated carbocycles. The first-order valence-electron chi connectivity index (χ1n) is 20.2. The Morgan fingerprint density at radius 1 is 0.689 bits per heavy atom. The van der Waals surface area contributed by atoms with Crippen LogP contribution in [0.4, 0.5) is 0 Å². The second-order valence-electron chi connectivity index (χ2n) is 13.3. The van der Waals surface area contributed by atoms with Crippen LogP contribution in [0, 0.1) is 11.8 Å². The van der Waals surface area contributed by atoms with Gasteiger partial charge in [0.2, 0.25) is 0 Å². The summed E-state index contributed by atoms with van der Waals surface area (Å²) < 4.78 is 47.8.